The average molecular weight is 436 g/mol. The van der Waals surface area contributed by atoms with Gasteiger partial charge in [-0.1, -0.05) is 80.1 Å². The van der Waals surface area contributed by atoms with Crippen LogP contribution in [0.2, 0.25) is 0 Å². The second-order valence-electron chi connectivity index (χ2n) is 7.84. The molecule has 4 nitrogen and oxygen atoms in total. The fourth-order valence-corrected chi connectivity index (χ4v) is 6.23. The van der Waals surface area contributed by atoms with Gasteiger partial charge in [-0.05, 0) is 43.2 Å². The Morgan fingerprint density at radius 1 is 0.871 bits per heavy atom. The molecule has 0 aromatic heterocycles. The van der Waals surface area contributed by atoms with Gasteiger partial charge in [-0.15, -0.1) is 0 Å². The van der Waals surface area contributed by atoms with Crippen LogP contribution in [-0.4, -0.2) is 12.6 Å². The zero-order valence-corrected chi connectivity index (χ0v) is 19.1. The molecule has 3 aromatic carbocycles. The molecule has 0 amide bonds. The Bertz CT molecular complexity index is 965. The van der Waals surface area contributed by atoms with Crippen molar-refractivity contribution in [3.63, 3.8) is 0 Å². The molecule has 1 N–H and O–H groups in total. The minimum absolute atomic E-state index is 0.0738. The van der Waals surface area contributed by atoms with Crippen molar-refractivity contribution in [3.8, 4) is 0 Å². The summed E-state index contributed by atoms with van der Waals surface area (Å²) in [6.45, 7) is 4.37. The zero-order chi connectivity index (χ0) is 22.2. The normalized spacial score (nSPS) is 13.4. The van der Waals surface area contributed by atoms with E-state index >= 15 is 0 Å². The van der Waals surface area contributed by atoms with Gasteiger partial charge in [0.05, 0.1) is 18.6 Å². The van der Waals surface area contributed by atoms with Gasteiger partial charge in [0.1, 0.15) is 0 Å². The van der Waals surface area contributed by atoms with Crippen LogP contribution in [0.3, 0.4) is 0 Å². The van der Waals surface area contributed by atoms with Crippen LogP contribution >= 0.6 is 7.29 Å². The van der Waals surface area contributed by atoms with Gasteiger partial charge in [0.2, 0.25) is 7.29 Å². The number of carbonyl (C=O) groups is 1. The molecular weight excluding hydrogens is 405 g/mol. The summed E-state index contributed by atoms with van der Waals surface area (Å²) < 4.78 is 20.0. The van der Waals surface area contributed by atoms with Gasteiger partial charge in [0.25, 0.3) is 0 Å². The first-order valence-electron chi connectivity index (χ1n) is 10.7. The largest absolute Gasteiger partial charge is 0.466 e. The molecule has 3 rings (SSSR count). The number of ether oxygens (including phenoxy) is 1. The number of esters is 1. The number of benzene rings is 3. The number of nitrogens with one attached hydrogen (secondary N) is 1. The highest BCUT2D eigenvalue weighted by Gasteiger charge is 2.39. The molecule has 31 heavy (non-hydrogen) atoms. The van der Waals surface area contributed by atoms with E-state index < -0.39 is 12.8 Å². The molecular formula is C26H30NO3P. The van der Waals surface area contributed by atoms with Gasteiger partial charge in [-0.3, -0.25) is 9.36 Å². The number of rotatable bonds is 10. The van der Waals surface area contributed by atoms with Crippen molar-refractivity contribution in [1.29, 1.82) is 0 Å². The third-order valence-corrected chi connectivity index (χ3v) is 8.17. The predicted octanol–water partition coefficient (Wildman–Crippen LogP) is 5.15. The summed E-state index contributed by atoms with van der Waals surface area (Å²) in [5.41, 5.74) is 0.000657. The number of hydrogen-bond acceptors (Lipinski definition) is 3. The lowest BCUT2D eigenvalue weighted by Gasteiger charge is -2.35. The highest BCUT2D eigenvalue weighted by molar-refractivity contribution is 7.77. The van der Waals surface area contributed by atoms with Crippen molar-refractivity contribution in [2.24, 2.45) is 0 Å². The summed E-state index contributed by atoms with van der Waals surface area (Å²) >= 11 is 0. The van der Waals surface area contributed by atoms with Gasteiger partial charge >= 0.3 is 5.97 Å². The molecule has 1 atom stereocenters. The van der Waals surface area contributed by atoms with E-state index in [2.05, 4.69) is 12.0 Å². The molecule has 0 heterocycles. The standard InChI is InChI=1S/C26H30NO3P/c1-3-4-20-30-25(28)21-26(2,22-14-8-5-9-15-22)27-31(29,23-16-10-6-11-17-23)24-18-12-7-13-19-24/h5-19H,3-4,20-21H2,1-2H3,(H,27,29). The Balaban J connectivity index is 2.03. The third-order valence-electron chi connectivity index (χ3n) is 5.31. The molecule has 0 spiro atoms. The summed E-state index contributed by atoms with van der Waals surface area (Å²) in [5, 5.41) is 4.83. The van der Waals surface area contributed by atoms with Crippen molar-refractivity contribution < 1.29 is 14.1 Å². The monoisotopic (exact) mass is 435 g/mol. The van der Waals surface area contributed by atoms with Crippen molar-refractivity contribution in [2.45, 2.75) is 38.6 Å². The lowest BCUT2D eigenvalue weighted by molar-refractivity contribution is -0.145. The van der Waals surface area contributed by atoms with E-state index in [0.29, 0.717) is 17.2 Å². The Morgan fingerprint density at radius 2 is 1.35 bits per heavy atom. The van der Waals surface area contributed by atoms with Crippen LogP contribution in [0, 0.1) is 0 Å². The maximum absolute atomic E-state index is 14.6. The first-order chi connectivity index (χ1) is 15.0. The van der Waals surface area contributed by atoms with Gasteiger partial charge in [0.15, 0.2) is 0 Å². The molecule has 0 saturated carbocycles. The van der Waals surface area contributed by atoms with Crippen molar-refractivity contribution in [1.82, 2.24) is 5.09 Å². The van der Waals surface area contributed by atoms with E-state index in [0.717, 1.165) is 18.4 Å². The van der Waals surface area contributed by atoms with Gasteiger partial charge in [-0.25, -0.2) is 5.09 Å². The molecule has 0 aliphatic heterocycles. The Kier molecular flexibility index (Phi) is 7.84. The Labute approximate surface area is 185 Å². The van der Waals surface area contributed by atoms with Gasteiger partial charge in [0, 0.05) is 10.6 Å². The minimum Gasteiger partial charge on any atom is -0.466 e. The van der Waals surface area contributed by atoms with E-state index in [1.54, 1.807) is 0 Å². The van der Waals surface area contributed by atoms with Crippen molar-refractivity contribution in [3.05, 3.63) is 96.6 Å². The molecule has 0 saturated heterocycles. The highest BCUT2D eigenvalue weighted by Crippen LogP contribution is 2.44. The van der Waals surface area contributed by atoms with Gasteiger partial charge < -0.3 is 4.74 Å². The summed E-state index contributed by atoms with van der Waals surface area (Å²) in [5.74, 6) is -0.306. The fraction of sp³-hybridized carbons (Fsp3) is 0.269. The summed E-state index contributed by atoms with van der Waals surface area (Å²) in [6.07, 6.45) is 1.86. The SMILES string of the molecule is CCCCOC(=O)CC(C)(NP(=O)(c1ccccc1)c1ccccc1)c1ccccc1. The maximum Gasteiger partial charge on any atom is 0.308 e. The molecule has 5 heteroatoms. The van der Waals surface area contributed by atoms with E-state index in [4.69, 9.17) is 4.74 Å². The molecule has 162 valence electrons. The maximum atomic E-state index is 14.6. The molecule has 0 aliphatic carbocycles. The second kappa shape index (κ2) is 10.6. The van der Waals surface area contributed by atoms with Crippen LogP contribution < -0.4 is 15.7 Å². The first-order valence-corrected chi connectivity index (χ1v) is 12.4. The first kappa shape index (κ1) is 23.0. The highest BCUT2D eigenvalue weighted by atomic mass is 31.2. The fourth-order valence-electron chi connectivity index (χ4n) is 3.58. The van der Waals surface area contributed by atoms with Crippen LogP contribution in [0.15, 0.2) is 91.0 Å². The minimum atomic E-state index is -3.26. The van der Waals surface area contributed by atoms with Crippen LogP contribution in [0.1, 0.15) is 38.7 Å². The van der Waals surface area contributed by atoms with Crippen LogP contribution in [0.4, 0.5) is 0 Å². The summed E-state index contributed by atoms with van der Waals surface area (Å²) in [4.78, 5) is 12.7. The van der Waals surface area contributed by atoms with Crippen LogP contribution in [0.5, 0.6) is 0 Å². The van der Waals surface area contributed by atoms with Gasteiger partial charge in [-0.2, -0.15) is 0 Å². The lowest BCUT2D eigenvalue weighted by atomic mass is 9.90. The molecule has 0 bridgehead atoms. The number of unbranched alkanes of at least 4 members (excludes halogenated alkanes) is 1. The second-order valence-corrected chi connectivity index (χ2v) is 10.3. The number of hydrogen-bond donors (Lipinski definition) is 1. The van der Waals surface area contributed by atoms with E-state index in [-0.39, 0.29) is 12.4 Å². The Hall–Kier alpha value is -2.68. The average Bonchev–Trinajstić information content (AvgIpc) is 2.81. The smallest absolute Gasteiger partial charge is 0.308 e. The number of carbonyl (C=O) groups excluding carboxylic acids is 1. The molecule has 0 aliphatic rings. The van der Waals surface area contributed by atoms with Crippen molar-refractivity contribution in [2.75, 3.05) is 6.61 Å². The quantitative estimate of drug-likeness (QED) is 0.272. The molecule has 3 aromatic rings. The zero-order valence-electron chi connectivity index (χ0n) is 18.2. The lowest BCUT2D eigenvalue weighted by Crippen LogP contribution is -2.44. The third kappa shape index (κ3) is 5.72. The van der Waals surface area contributed by atoms with Crippen LogP contribution in [0.25, 0.3) is 0 Å². The van der Waals surface area contributed by atoms with Crippen molar-refractivity contribution >= 4 is 23.9 Å². The topological polar surface area (TPSA) is 55.4 Å². The summed E-state index contributed by atoms with van der Waals surface area (Å²) in [7, 11) is -3.26. The molecule has 0 radical (unpaired) electrons. The van der Waals surface area contributed by atoms with E-state index in [9.17, 15) is 9.36 Å². The van der Waals surface area contributed by atoms with Crippen LogP contribution in [-0.2, 0) is 19.6 Å². The van der Waals surface area contributed by atoms with E-state index in [1.165, 1.54) is 0 Å². The molecule has 1 unspecified atom stereocenters. The summed E-state index contributed by atoms with van der Waals surface area (Å²) in [6, 6.07) is 28.5. The van der Waals surface area contributed by atoms with E-state index in [1.807, 2.05) is 97.9 Å². The predicted molar refractivity (Wildman–Crippen MR) is 127 cm³/mol. The molecule has 0 fully saturated rings. The Morgan fingerprint density at radius 3 is 1.84 bits per heavy atom.